The van der Waals surface area contributed by atoms with E-state index in [2.05, 4.69) is 4.90 Å². The third-order valence-electron chi connectivity index (χ3n) is 4.43. The van der Waals surface area contributed by atoms with Gasteiger partial charge in [-0.25, -0.2) is 4.39 Å². The standard InChI is InChI=1S/C18H18F4N2/c19-15-5-7-16(8-6-15)24-11-9-23(10-12-24)13-14-3-1-2-4-17(14)18(20,21)22/h1-8H,9-13H2/p+1. The van der Waals surface area contributed by atoms with Crippen molar-refractivity contribution in [3.63, 3.8) is 0 Å². The Bertz CT molecular complexity index is 674. The van der Waals surface area contributed by atoms with E-state index in [9.17, 15) is 17.6 Å². The number of piperazine rings is 1. The molecule has 0 spiro atoms. The van der Waals surface area contributed by atoms with E-state index < -0.39 is 11.7 Å². The summed E-state index contributed by atoms with van der Waals surface area (Å²) in [6.07, 6.45) is -4.31. The van der Waals surface area contributed by atoms with Gasteiger partial charge in [0.1, 0.15) is 12.4 Å². The average Bonchev–Trinajstić information content (AvgIpc) is 2.56. The van der Waals surface area contributed by atoms with Gasteiger partial charge in [0.05, 0.1) is 31.7 Å². The molecule has 0 atom stereocenters. The summed E-state index contributed by atoms with van der Waals surface area (Å²) in [5.41, 5.74) is 0.750. The lowest BCUT2D eigenvalue weighted by Gasteiger charge is -2.34. The molecule has 3 rings (SSSR count). The Balaban J connectivity index is 1.63. The molecule has 1 heterocycles. The fourth-order valence-corrected chi connectivity index (χ4v) is 3.13. The second-order valence-electron chi connectivity index (χ2n) is 6.05. The number of halogens is 4. The Morgan fingerprint density at radius 1 is 0.917 bits per heavy atom. The number of benzene rings is 2. The SMILES string of the molecule is Fc1ccc(N2CC[NH+](Cc3ccccc3C(F)(F)F)CC2)cc1. The van der Waals surface area contributed by atoms with Gasteiger partial charge in [0.15, 0.2) is 0 Å². The third-order valence-corrected chi connectivity index (χ3v) is 4.43. The van der Waals surface area contributed by atoms with Crippen LogP contribution in [0.4, 0.5) is 23.2 Å². The molecule has 0 amide bonds. The number of hydrogen-bond donors (Lipinski definition) is 1. The highest BCUT2D eigenvalue weighted by molar-refractivity contribution is 5.46. The van der Waals surface area contributed by atoms with Gasteiger partial charge in [-0.05, 0) is 30.3 Å². The monoisotopic (exact) mass is 339 g/mol. The van der Waals surface area contributed by atoms with Crippen molar-refractivity contribution in [1.29, 1.82) is 0 Å². The molecular formula is C18H19F4N2+. The highest BCUT2D eigenvalue weighted by Gasteiger charge is 2.34. The lowest BCUT2D eigenvalue weighted by atomic mass is 10.1. The first-order valence-corrected chi connectivity index (χ1v) is 7.92. The van der Waals surface area contributed by atoms with Crippen LogP contribution in [0.2, 0.25) is 0 Å². The zero-order chi connectivity index (χ0) is 17.2. The van der Waals surface area contributed by atoms with E-state index in [0.717, 1.165) is 42.8 Å². The predicted octanol–water partition coefficient (Wildman–Crippen LogP) is 2.75. The number of nitrogens with one attached hydrogen (secondary N) is 1. The van der Waals surface area contributed by atoms with Crippen molar-refractivity contribution in [2.24, 2.45) is 0 Å². The minimum atomic E-state index is -4.31. The van der Waals surface area contributed by atoms with E-state index in [1.165, 1.54) is 18.2 Å². The fraction of sp³-hybridized carbons (Fsp3) is 0.333. The number of quaternary nitrogens is 1. The van der Waals surface area contributed by atoms with Gasteiger partial charge in [-0.15, -0.1) is 0 Å². The largest absolute Gasteiger partial charge is 0.416 e. The molecule has 2 aromatic rings. The highest BCUT2D eigenvalue weighted by Crippen LogP contribution is 2.31. The predicted molar refractivity (Wildman–Crippen MR) is 84.5 cm³/mol. The molecule has 0 radical (unpaired) electrons. The molecule has 0 saturated carbocycles. The number of alkyl halides is 3. The molecule has 1 aliphatic rings. The molecular weight excluding hydrogens is 320 g/mol. The van der Waals surface area contributed by atoms with E-state index in [0.29, 0.717) is 12.1 Å². The first-order valence-electron chi connectivity index (χ1n) is 7.92. The first kappa shape index (κ1) is 16.8. The molecule has 1 aliphatic heterocycles. The maximum Gasteiger partial charge on any atom is 0.416 e. The van der Waals surface area contributed by atoms with Gasteiger partial charge < -0.3 is 9.80 Å². The van der Waals surface area contributed by atoms with Gasteiger partial charge in [0.2, 0.25) is 0 Å². The van der Waals surface area contributed by atoms with Crippen molar-refractivity contribution < 1.29 is 22.5 Å². The van der Waals surface area contributed by atoms with Crippen LogP contribution in [0.5, 0.6) is 0 Å². The summed E-state index contributed by atoms with van der Waals surface area (Å²) in [4.78, 5) is 3.27. The summed E-state index contributed by atoms with van der Waals surface area (Å²) < 4.78 is 52.2. The van der Waals surface area contributed by atoms with E-state index in [1.54, 1.807) is 24.3 Å². The highest BCUT2D eigenvalue weighted by atomic mass is 19.4. The van der Waals surface area contributed by atoms with Gasteiger partial charge in [-0.2, -0.15) is 13.2 Å². The van der Waals surface area contributed by atoms with E-state index in [-0.39, 0.29) is 5.82 Å². The van der Waals surface area contributed by atoms with Crippen LogP contribution in [-0.4, -0.2) is 26.2 Å². The molecule has 0 aliphatic carbocycles. The topological polar surface area (TPSA) is 7.68 Å². The van der Waals surface area contributed by atoms with Crippen LogP contribution in [0.25, 0.3) is 0 Å². The smallest absolute Gasteiger partial charge is 0.360 e. The zero-order valence-electron chi connectivity index (χ0n) is 13.1. The van der Waals surface area contributed by atoms with Crippen LogP contribution in [0.1, 0.15) is 11.1 Å². The fourth-order valence-electron chi connectivity index (χ4n) is 3.13. The molecule has 0 aromatic heterocycles. The molecule has 6 heteroatoms. The van der Waals surface area contributed by atoms with Gasteiger partial charge >= 0.3 is 6.18 Å². The van der Waals surface area contributed by atoms with Crippen molar-refractivity contribution in [1.82, 2.24) is 0 Å². The molecule has 2 aromatic carbocycles. The second-order valence-corrected chi connectivity index (χ2v) is 6.05. The van der Waals surface area contributed by atoms with Gasteiger partial charge in [-0.3, -0.25) is 0 Å². The minimum absolute atomic E-state index is 0.272. The molecule has 2 nitrogen and oxygen atoms in total. The van der Waals surface area contributed by atoms with E-state index >= 15 is 0 Å². The maximum absolute atomic E-state index is 13.1. The van der Waals surface area contributed by atoms with Crippen molar-refractivity contribution >= 4 is 5.69 Å². The van der Waals surface area contributed by atoms with Crippen molar-refractivity contribution in [3.05, 3.63) is 65.5 Å². The number of nitrogens with zero attached hydrogens (tertiary/aromatic N) is 1. The minimum Gasteiger partial charge on any atom is -0.360 e. The lowest BCUT2D eigenvalue weighted by Crippen LogP contribution is -3.13. The van der Waals surface area contributed by atoms with Gasteiger partial charge in [0.25, 0.3) is 0 Å². The van der Waals surface area contributed by atoms with Crippen LogP contribution < -0.4 is 9.80 Å². The van der Waals surface area contributed by atoms with Gasteiger partial charge in [-0.1, -0.05) is 18.2 Å². The maximum atomic E-state index is 13.1. The summed E-state index contributed by atoms with van der Waals surface area (Å²) in [7, 11) is 0. The van der Waals surface area contributed by atoms with E-state index in [4.69, 9.17) is 0 Å². The summed E-state index contributed by atoms with van der Waals surface area (Å²) in [5.74, 6) is -0.272. The normalized spacial score (nSPS) is 16.4. The zero-order valence-corrected chi connectivity index (χ0v) is 13.1. The average molecular weight is 339 g/mol. The Hall–Kier alpha value is -2.08. The molecule has 1 N–H and O–H groups in total. The lowest BCUT2D eigenvalue weighted by molar-refractivity contribution is -0.914. The second kappa shape index (κ2) is 6.81. The van der Waals surface area contributed by atoms with Crippen molar-refractivity contribution in [2.45, 2.75) is 12.7 Å². The third kappa shape index (κ3) is 3.87. The molecule has 1 fully saturated rings. The summed E-state index contributed by atoms with van der Waals surface area (Å²) in [6, 6.07) is 12.1. The van der Waals surface area contributed by atoms with Crippen LogP contribution in [-0.2, 0) is 12.7 Å². The van der Waals surface area contributed by atoms with E-state index in [1.807, 2.05) is 0 Å². The molecule has 128 valence electrons. The molecule has 0 unspecified atom stereocenters. The van der Waals surface area contributed by atoms with Crippen LogP contribution in [0.3, 0.4) is 0 Å². The molecule has 0 bridgehead atoms. The number of rotatable bonds is 3. The van der Waals surface area contributed by atoms with Crippen molar-refractivity contribution in [2.75, 3.05) is 31.1 Å². The number of hydrogen-bond acceptors (Lipinski definition) is 1. The Kier molecular flexibility index (Phi) is 4.76. The Morgan fingerprint density at radius 2 is 1.54 bits per heavy atom. The Labute approximate surface area is 138 Å². The Morgan fingerprint density at radius 3 is 2.17 bits per heavy atom. The van der Waals surface area contributed by atoms with Crippen molar-refractivity contribution in [3.8, 4) is 0 Å². The molecule has 1 saturated heterocycles. The number of anilines is 1. The summed E-state index contributed by atoms with van der Waals surface area (Å²) in [5, 5.41) is 0. The van der Waals surface area contributed by atoms with Crippen LogP contribution in [0, 0.1) is 5.82 Å². The van der Waals surface area contributed by atoms with Gasteiger partial charge in [0, 0.05) is 11.3 Å². The quantitative estimate of drug-likeness (QED) is 0.845. The summed E-state index contributed by atoms with van der Waals surface area (Å²) in [6.45, 7) is 3.37. The van der Waals surface area contributed by atoms with Crippen LogP contribution in [0.15, 0.2) is 48.5 Å². The molecule has 24 heavy (non-hydrogen) atoms. The van der Waals surface area contributed by atoms with Crippen LogP contribution >= 0.6 is 0 Å². The first-order chi connectivity index (χ1) is 11.4. The summed E-state index contributed by atoms with van der Waals surface area (Å²) >= 11 is 0.